The second kappa shape index (κ2) is 6.75. The van der Waals surface area contributed by atoms with Gasteiger partial charge < -0.3 is 5.32 Å². The van der Waals surface area contributed by atoms with E-state index < -0.39 is 0 Å². The van der Waals surface area contributed by atoms with Crippen LogP contribution in [-0.2, 0) is 4.79 Å². The first-order chi connectivity index (χ1) is 7.34. The first-order valence-electron chi connectivity index (χ1n) is 5.12. The maximum Gasteiger partial charge on any atom is 0.230 e. The maximum absolute atomic E-state index is 11.5. The molecule has 7 heteroatoms. The van der Waals surface area contributed by atoms with Crippen molar-refractivity contribution in [2.24, 2.45) is 0 Å². The molecule has 0 radical (unpaired) electrons. The summed E-state index contributed by atoms with van der Waals surface area (Å²) in [6, 6.07) is 0.399. The highest BCUT2D eigenvalue weighted by molar-refractivity contribution is 7.99. The number of thioether (sulfide) groups is 1. The Hall–Kier alpha value is -0.750. The van der Waals surface area contributed by atoms with Crippen LogP contribution in [0.1, 0.15) is 25.7 Å². The van der Waals surface area contributed by atoms with Gasteiger partial charge >= 0.3 is 0 Å². The van der Waals surface area contributed by atoms with Crippen LogP contribution in [-0.4, -0.2) is 33.1 Å². The lowest BCUT2D eigenvalue weighted by atomic mass is 10.2. The normalized spacial score (nSPS) is 15.8. The van der Waals surface area contributed by atoms with Crippen LogP contribution in [0.25, 0.3) is 0 Å². The van der Waals surface area contributed by atoms with E-state index in [9.17, 15) is 4.79 Å². The third kappa shape index (κ3) is 4.02. The number of aromatic amines is 1. The molecule has 0 saturated heterocycles. The number of H-pyrrole nitrogens is 1. The largest absolute Gasteiger partial charge is 0.353 e. The number of rotatable bonds is 4. The zero-order valence-electron chi connectivity index (χ0n) is 8.81. The Balaban J connectivity index is 0.00000128. The quantitative estimate of drug-likeness (QED) is 0.805. The lowest BCUT2D eigenvalue weighted by molar-refractivity contribution is -0.119. The van der Waals surface area contributed by atoms with Gasteiger partial charge in [-0.3, -0.25) is 4.79 Å². The molecule has 1 aromatic heterocycles. The van der Waals surface area contributed by atoms with E-state index in [1.54, 1.807) is 6.20 Å². The molecule has 1 heterocycles. The van der Waals surface area contributed by atoms with E-state index in [2.05, 4.69) is 20.7 Å². The average Bonchev–Trinajstić information content (AvgIpc) is 2.86. The molecular formula is C9H15ClN4OS. The zero-order chi connectivity index (χ0) is 10.5. The van der Waals surface area contributed by atoms with Crippen molar-refractivity contribution in [3.05, 3.63) is 6.20 Å². The van der Waals surface area contributed by atoms with E-state index in [0.717, 1.165) is 17.9 Å². The number of aromatic nitrogens is 3. The fourth-order valence-corrected chi connectivity index (χ4v) is 2.33. The fourth-order valence-electron chi connectivity index (χ4n) is 1.74. The van der Waals surface area contributed by atoms with Crippen molar-refractivity contribution >= 4 is 30.1 Å². The molecule has 2 N–H and O–H groups in total. The molecule has 1 fully saturated rings. The first-order valence-corrected chi connectivity index (χ1v) is 6.11. The number of nitrogens with one attached hydrogen (secondary N) is 2. The zero-order valence-corrected chi connectivity index (χ0v) is 10.4. The molecule has 16 heavy (non-hydrogen) atoms. The Bertz CT molecular complexity index is 313. The standard InChI is InChI=1S/C9H14N4OS.ClH/c14-8(11-7-3-1-2-4-7)6-15-9-5-10-13-12-9;/h5,7H,1-4,6H2,(H,11,14)(H,10,12,13);1H. The van der Waals surface area contributed by atoms with Crippen LogP contribution in [0.4, 0.5) is 0 Å². The Labute approximate surface area is 105 Å². The minimum atomic E-state index is 0. The number of hydrogen-bond acceptors (Lipinski definition) is 4. The first kappa shape index (κ1) is 13.3. The molecule has 0 aromatic carbocycles. The van der Waals surface area contributed by atoms with Crippen LogP contribution in [0.15, 0.2) is 11.2 Å². The summed E-state index contributed by atoms with van der Waals surface area (Å²) in [5, 5.41) is 13.8. The molecule has 1 aliphatic carbocycles. The highest BCUT2D eigenvalue weighted by Gasteiger charge is 2.16. The van der Waals surface area contributed by atoms with Crippen molar-refractivity contribution < 1.29 is 4.79 Å². The summed E-state index contributed by atoms with van der Waals surface area (Å²) in [5.74, 6) is 0.512. The molecule has 2 rings (SSSR count). The van der Waals surface area contributed by atoms with Crippen LogP contribution in [0, 0.1) is 0 Å². The predicted molar refractivity (Wildman–Crippen MR) is 64.8 cm³/mol. The summed E-state index contributed by atoms with van der Waals surface area (Å²) in [7, 11) is 0. The second-order valence-electron chi connectivity index (χ2n) is 3.65. The molecule has 0 atom stereocenters. The number of carbonyl (C=O) groups excluding carboxylic acids is 1. The van der Waals surface area contributed by atoms with Gasteiger partial charge in [-0.2, -0.15) is 10.3 Å². The van der Waals surface area contributed by atoms with Gasteiger partial charge in [-0.05, 0) is 12.8 Å². The van der Waals surface area contributed by atoms with E-state index in [-0.39, 0.29) is 18.3 Å². The van der Waals surface area contributed by atoms with E-state index in [4.69, 9.17) is 0 Å². The van der Waals surface area contributed by atoms with Crippen LogP contribution < -0.4 is 5.32 Å². The fraction of sp³-hybridized carbons (Fsp3) is 0.667. The van der Waals surface area contributed by atoms with Crippen LogP contribution in [0.5, 0.6) is 0 Å². The van der Waals surface area contributed by atoms with Crippen LogP contribution in [0.3, 0.4) is 0 Å². The number of nitrogens with zero attached hydrogens (tertiary/aromatic N) is 2. The molecule has 1 aromatic rings. The van der Waals surface area contributed by atoms with Crippen molar-refractivity contribution in [2.75, 3.05) is 5.75 Å². The molecule has 0 spiro atoms. The average molecular weight is 263 g/mol. The van der Waals surface area contributed by atoms with Crippen LogP contribution >= 0.6 is 24.2 Å². The second-order valence-corrected chi connectivity index (χ2v) is 4.64. The predicted octanol–water partition coefficient (Wildman–Crippen LogP) is 1.38. The highest BCUT2D eigenvalue weighted by Crippen LogP contribution is 2.18. The number of halogens is 1. The van der Waals surface area contributed by atoms with Gasteiger partial charge in [0.2, 0.25) is 5.91 Å². The molecule has 1 amide bonds. The SMILES string of the molecule is Cl.O=C(CSc1cn[nH]n1)NC1CCCC1. The van der Waals surface area contributed by atoms with Crippen molar-refractivity contribution in [1.82, 2.24) is 20.7 Å². The summed E-state index contributed by atoms with van der Waals surface area (Å²) in [4.78, 5) is 11.5. The molecular weight excluding hydrogens is 248 g/mol. The summed E-state index contributed by atoms with van der Waals surface area (Å²) in [6.07, 6.45) is 6.34. The summed E-state index contributed by atoms with van der Waals surface area (Å²) < 4.78 is 0. The number of carbonyl (C=O) groups is 1. The number of hydrogen-bond donors (Lipinski definition) is 2. The van der Waals surface area contributed by atoms with E-state index in [0.29, 0.717) is 11.8 Å². The minimum absolute atomic E-state index is 0. The summed E-state index contributed by atoms with van der Waals surface area (Å²) in [5.41, 5.74) is 0. The van der Waals surface area contributed by atoms with E-state index >= 15 is 0 Å². The maximum atomic E-state index is 11.5. The van der Waals surface area contributed by atoms with Gasteiger partial charge in [0, 0.05) is 6.04 Å². The van der Waals surface area contributed by atoms with Crippen molar-refractivity contribution in [1.29, 1.82) is 0 Å². The molecule has 1 aliphatic rings. The van der Waals surface area contributed by atoms with Crippen molar-refractivity contribution in [3.8, 4) is 0 Å². The third-order valence-corrected chi connectivity index (χ3v) is 3.36. The van der Waals surface area contributed by atoms with Gasteiger partial charge in [0.05, 0.1) is 11.9 Å². The third-order valence-electron chi connectivity index (χ3n) is 2.46. The summed E-state index contributed by atoms with van der Waals surface area (Å²) in [6.45, 7) is 0. The van der Waals surface area contributed by atoms with Gasteiger partial charge in [0.1, 0.15) is 5.03 Å². The Morgan fingerprint density at radius 2 is 2.31 bits per heavy atom. The lowest BCUT2D eigenvalue weighted by Gasteiger charge is -2.10. The van der Waals surface area contributed by atoms with E-state index in [1.165, 1.54) is 24.6 Å². The number of amides is 1. The monoisotopic (exact) mass is 262 g/mol. The molecule has 0 unspecified atom stereocenters. The molecule has 1 saturated carbocycles. The highest BCUT2D eigenvalue weighted by atomic mass is 35.5. The van der Waals surface area contributed by atoms with Crippen LogP contribution in [0.2, 0.25) is 0 Å². The topological polar surface area (TPSA) is 70.7 Å². The molecule has 0 aliphatic heterocycles. The summed E-state index contributed by atoms with van der Waals surface area (Å²) >= 11 is 1.40. The van der Waals surface area contributed by atoms with Gasteiger partial charge in [-0.15, -0.1) is 17.5 Å². The smallest absolute Gasteiger partial charge is 0.230 e. The van der Waals surface area contributed by atoms with Crippen molar-refractivity contribution in [3.63, 3.8) is 0 Å². The van der Waals surface area contributed by atoms with Gasteiger partial charge in [-0.1, -0.05) is 24.6 Å². The lowest BCUT2D eigenvalue weighted by Crippen LogP contribution is -2.33. The molecule has 90 valence electrons. The van der Waals surface area contributed by atoms with Gasteiger partial charge in [0.15, 0.2) is 0 Å². The van der Waals surface area contributed by atoms with E-state index in [1.807, 2.05) is 0 Å². The Kier molecular flexibility index (Phi) is 5.62. The van der Waals surface area contributed by atoms with Crippen molar-refractivity contribution in [2.45, 2.75) is 36.8 Å². The minimum Gasteiger partial charge on any atom is -0.353 e. The Morgan fingerprint density at radius 1 is 1.56 bits per heavy atom. The van der Waals surface area contributed by atoms with Gasteiger partial charge in [-0.25, -0.2) is 0 Å². The molecule has 5 nitrogen and oxygen atoms in total. The Morgan fingerprint density at radius 3 is 2.94 bits per heavy atom. The van der Waals surface area contributed by atoms with Gasteiger partial charge in [0.25, 0.3) is 0 Å². The molecule has 0 bridgehead atoms.